The summed E-state index contributed by atoms with van der Waals surface area (Å²) in [5.74, 6) is 1.22. The van der Waals surface area contributed by atoms with Crippen molar-refractivity contribution in [3.8, 4) is 0 Å². The van der Waals surface area contributed by atoms with Crippen LogP contribution in [0.3, 0.4) is 0 Å². The predicted molar refractivity (Wildman–Crippen MR) is 91.8 cm³/mol. The van der Waals surface area contributed by atoms with Crippen LogP contribution in [0.4, 0.5) is 4.79 Å². The van der Waals surface area contributed by atoms with E-state index in [-0.39, 0.29) is 0 Å². The lowest BCUT2D eigenvalue weighted by atomic mass is 9.82. The fraction of sp³-hybridized carbons (Fsp3) is 0.944. The maximum Gasteiger partial charge on any atom is 0.407 e. The molecule has 23 heavy (non-hydrogen) atoms. The molecule has 1 heterocycles. The fourth-order valence-corrected chi connectivity index (χ4v) is 3.84. The van der Waals surface area contributed by atoms with Crippen LogP contribution < -0.4 is 0 Å². The Labute approximate surface area is 141 Å². The van der Waals surface area contributed by atoms with Crippen LogP contribution in [-0.2, 0) is 4.74 Å². The molecule has 2 aliphatic rings. The molecule has 1 saturated heterocycles. The van der Waals surface area contributed by atoms with Crippen LogP contribution in [0, 0.1) is 11.8 Å². The number of likely N-dealkylation sites (tertiary alicyclic amines) is 1. The molecule has 134 valence electrons. The molecule has 5 nitrogen and oxygen atoms in total. The van der Waals surface area contributed by atoms with Crippen molar-refractivity contribution in [1.29, 1.82) is 0 Å². The van der Waals surface area contributed by atoms with Crippen molar-refractivity contribution >= 4 is 6.09 Å². The number of carbonyl (C=O) groups is 1. The number of ether oxygens (including phenoxy) is 1. The lowest BCUT2D eigenvalue weighted by molar-refractivity contribution is 0.0704. The number of hydrogen-bond acceptors (Lipinski definition) is 3. The van der Waals surface area contributed by atoms with Gasteiger partial charge in [-0.05, 0) is 82.8 Å². The Hall–Kier alpha value is -0.810. The van der Waals surface area contributed by atoms with Crippen molar-refractivity contribution in [1.82, 2.24) is 9.80 Å². The molecule has 1 saturated carbocycles. The Kier molecular flexibility index (Phi) is 8.17. The Morgan fingerprint density at radius 1 is 1.13 bits per heavy atom. The first kappa shape index (κ1) is 18.5. The molecule has 2 fully saturated rings. The van der Waals surface area contributed by atoms with Crippen LogP contribution in [0.15, 0.2) is 0 Å². The number of nitrogens with zero attached hydrogens (tertiary/aromatic N) is 2. The van der Waals surface area contributed by atoms with Crippen molar-refractivity contribution < 1.29 is 14.6 Å². The summed E-state index contributed by atoms with van der Waals surface area (Å²) in [7, 11) is 1.67. The van der Waals surface area contributed by atoms with E-state index in [1.54, 1.807) is 7.05 Å². The minimum absolute atomic E-state index is 0.535. The van der Waals surface area contributed by atoms with Gasteiger partial charge in [0.15, 0.2) is 0 Å². The van der Waals surface area contributed by atoms with E-state index in [0.717, 1.165) is 26.1 Å². The molecule has 1 N–H and O–H groups in total. The summed E-state index contributed by atoms with van der Waals surface area (Å²) in [4.78, 5) is 14.8. The third-order valence-electron chi connectivity index (χ3n) is 5.39. The van der Waals surface area contributed by atoms with E-state index in [9.17, 15) is 4.79 Å². The van der Waals surface area contributed by atoms with Crippen LogP contribution in [0.5, 0.6) is 0 Å². The number of amides is 1. The van der Waals surface area contributed by atoms with E-state index in [1.807, 2.05) is 0 Å². The first-order valence-electron chi connectivity index (χ1n) is 9.39. The molecular formula is C18H34N2O3. The van der Waals surface area contributed by atoms with Gasteiger partial charge in [-0.1, -0.05) is 0 Å². The van der Waals surface area contributed by atoms with Crippen molar-refractivity contribution in [2.45, 2.75) is 51.4 Å². The molecule has 0 radical (unpaired) electrons. The van der Waals surface area contributed by atoms with Gasteiger partial charge >= 0.3 is 6.09 Å². The molecular weight excluding hydrogens is 292 g/mol. The fourth-order valence-electron chi connectivity index (χ4n) is 3.84. The Balaban J connectivity index is 1.44. The van der Waals surface area contributed by atoms with Gasteiger partial charge in [-0.2, -0.15) is 0 Å². The van der Waals surface area contributed by atoms with Crippen molar-refractivity contribution in [2.75, 3.05) is 46.4 Å². The van der Waals surface area contributed by atoms with Crippen LogP contribution in [0.1, 0.15) is 51.4 Å². The van der Waals surface area contributed by atoms with E-state index in [4.69, 9.17) is 9.84 Å². The number of unbranched alkanes of at least 4 members (excludes halogenated alkanes) is 1. The van der Waals surface area contributed by atoms with Crippen molar-refractivity contribution in [3.63, 3.8) is 0 Å². The van der Waals surface area contributed by atoms with Crippen molar-refractivity contribution in [2.24, 2.45) is 11.8 Å². The van der Waals surface area contributed by atoms with E-state index in [1.165, 1.54) is 63.1 Å². The topological polar surface area (TPSA) is 53.0 Å². The van der Waals surface area contributed by atoms with E-state index in [2.05, 4.69) is 4.90 Å². The highest BCUT2D eigenvalue weighted by Gasteiger charge is 2.23. The molecule has 0 atom stereocenters. The van der Waals surface area contributed by atoms with Gasteiger partial charge in [0.25, 0.3) is 0 Å². The first-order valence-corrected chi connectivity index (χ1v) is 9.39. The zero-order chi connectivity index (χ0) is 16.5. The summed E-state index contributed by atoms with van der Waals surface area (Å²) < 4.78 is 5.87. The molecule has 0 aromatic heterocycles. The smallest absolute Gasteiger partial charge is 0.407 e. The van der Waals surface area contributed by atoms with Crippen LogP contribution in [0.2, 0.25) is 0 Å². The Morgan fingerprint density at radius 2 is 1.78 bits per heavy atom. The molecule has 1 aliphatic carbocycles. The van der Waals surface area contributed by atoms with E-state index in [0.29, 0.717) is 18.4 Å². The quantitative estimate of drug-likeness (QED) is 0.661. The summed E-state index contributed by atoms with van der Waals surface area (Å²) in [5.41, 5.74) is 0. The first-order chi connectivity index (χ1) is 11.1. The number of hydrogen-bond donors (Lipinski definition) is 1. The lowest BCUT2D eigenvalue weighted by Gasteiger charge is -2.30. The molecule has 0 bridgehead atoms. The van der Waals surface area contributed by atoms with Gasteiger partial charge in [-0.3, -0.25) is 0 Å². The second kappa shape index (κ2) is 10.1. The largest absolute Gasteiger partial charge is 0.465 e. The molecule has 0 spiro atoms. The summed E-state index contributed by atoms with van der Waals surface area (Å²) in [5, 5.41) is 8.92. The van der Waals surface area contributed by atoms with Crippen molar-refractivity contribution in [3.05, 3.63) is 0 Å². The van der Waals surface area contributed by atoms with Gasteiger partial charge in [0.05, 0.1) is 0 Å². The minimum Gasteiger partial charge on any atom is -0.465 e. The SMILES string of the molecule is CN(CC1CCC(COCCCCN2CCCC2)CC1)C(=O)O. The normalized spacial score (nSPS) is 25.6. The molecule has 0 aromatic carbocycles. The number of carboxylic acid groups (broad SMARTS) is 1. The monoisotopic (exact) mass is 326 g/mol. The highest BCUT2D eigenvalue weighted by molar-refractivity contribution is 5.64. The van der Waals surface area contributed by atoms with Gasteiger partial charge in [0, 0.05) is 26.8 Å². The lowest BCUT2D eigenvalue weighted by Crippen LogP contribution is -2.32. The Bertz CT molecular complexity index is 337. The standard InChI is InChI=1S/C18H34N2O3/c1-19(18(21)22)14-16-6-8-17(9-7-16)15-23-13-5-4-12-20-10-2-3-11-20/h16-17H,2-15H2,1H3,(H,21,22). The van der Waals surface area contributed by atoms with E-state index < -0.39 is 6.09 Å². The minimum atomic E-state index is -0.815. The average molecular weight is 326 g/mol. The van der Waals surface area contributed by atoms with Crippen LogP contribution in [0.25, 0.3) is 0 Å². The summed E-state index contributed by atoms with van der Waals surface area (Å²) in [6, 6.07) is 0. The molecule has 0 unspecified atom stereocenters. The zero-order valence-corrected chi connectivity index (χ0v) is 14.7. The highest BCUT2D eigenvalue weighted by atomic mass is 16.5. The van der Waals surface area contributed by atoms with Gasteiger partial charge in [-0.25, -0.2) is 4.79 Å². The molecule has 0 aromatic rings. The van der Waals surface area contributed by atoms with Crippen LogP contribution in [-0.4, -0.2) is 67.4 Å². The average Bonchev–Trinajstić information content (AvgIpc) is 3.05. The summed E-state index contributed by atoms with van der Waals surface area (Å²) in [6.07, 6.45) is 9.02. The predicted octanol–water partition coefficient (Wildman–Crippen LogP) is 3.30. The second-order valence-corrected chi connectivity index (χ2v) is 7.38. The maximum atomic E-state index is 10.9. The molecule has 5 heteroatoms. The van der Waals surface area contributed by atoms with Gasteiger partial charge < -0.3 is 19.6 Å². The maximum absolute atomic E-state index is 10.9. The van der Waals surface area contributed by atoms with E-state index >= 15 is 0 Å². The third-order valence-corrected chi connectivity index (χ3v) is 5.39. The molecule has 1 amide bonds. The van der Waals surface area contributed by atoms with Gasteiger partial charge in [0.1, 0.15) is 0 Å². The summed E-state index contributed by atoms with van der Waals surface area (Å²) >= 11 is 0. The summed E-state index contributed by atoms with van der Waals surface area (Å²) in [6.45, 7) is 6.30. The molecule has 1 aliphatic heterocycles. The molecule has 2 rings (SSSR count). The van der Waals surface area contributed by atoms with Gasteiger partial charge in [-0.15, -0.1) is 0 Å². The second-order valence-electron chi connectivity index (χ2n) is 7.38. The third kappa shape index (κ3) is 7.08. The zero-order valence-electron chi connectivity index (χ0n) is 14.7. The number of rotatable bonds is 9. The Morgan fingerprint density at radius 3 is 2.43 bits per heavy atom. The van der Waals surface area contributed by atoms with Gasteiger partial charge in [0.2, 0.25) is 0 Å². The highest BCUT2D eigenvalue weighted by Crippen LogP contribution is 2.29. The van der Waals surface area contributed by atoms with Crippen LogP contribution >= 0.6 is 0 Å².